The lowest BCUT2D eigenvalue weighted by Gasteiger charge is -2.06. The van der Waals surface area contributed by atoms with Gasteiger partial charge in [0.1, 0.15) is 17.4 Å². The van der Waals surface area contributed by atoms with Crippen molar-refractivity contribution in [3.63, 3.8) is 0 Å². The number of nitriles is 1. The Morgan fingerprint density at radius 3 is 2.55 bits per heavy atom. The second-order valence-corrected chi connectivity index (χ2v) is 6.41. The Labute approximate surface area is 169 Å². The SMILES string of the molecule is CCCCOc1ccc(-c2nn(-c3ccccc3)cc2/C=C(/C#N)C(=O)O)cc1. The molecule has 3 aromatic rings. The zero-order valence-electron chi connectivity index (χ0n) is 16.1. The maximum Gasteiger partial charge on any atom is 0.346 e. The molecule has 0 aliphatic heterocycles. The second kappa shape index (κ2) is 9.38. The number of carboxylic acid groups (broad SMARTS) is 1. The molecule has 0 saturated carbocycles. The summed E-state index contributed by atoms with van der Waals surface area (Å²) in [5, 5.41) is 23.0. The summed E-state index contributed by atoms with van der Waals surface area (Å²) in [6.07, 6.45) is 5.12. The van der Waals surface area contributed by atoms with Gasteiger partial charge in [-0.3, -0.25) is 0 Å². The van der Waals surface area contributed by atoms with Gasteiger partial charge in [-0.05, 0) is 48.9 Å². The molecular formula is C23H21N3O3. The van der Waals surface area contributed by atoms with Crippen molar-refractivity contribution in [2.75, 3.05) is 6.61 Å². The highest BCUT2D eigenvalue weighted by Gasteiger charge is 2.14. The molecule has 29 heavy (non-hydrogen) atoms. The van der Waals surface area contributed by atoms with E-state index in [4.69, 9.17) is 10.00 Å². The van der Waals surface area contributed by atoms with E-state index >= 15 is 0 Å². The van der Waals surface area contributed by atoms with Gasteiger partial charge in [-0.2, -0.15) is 10.4 Å². The quantitative estimate of drug-likeness (QED) is 0.343. The van der Waals surface area contributed by atoms with Gasteiger partial charge in [0.2, 0.25) is 0 Å². The van der Waals surface area contributed by atoms with Crippen LogP contribution >= 0.6 is 0 Å². The van der Waals surface area contributed by atoms with E-state index in [9.17, 15) is 9.90 Å². The number of nitrogens with zero attached hydrogens (tertiary/aromatic N) is 3. The average molecular weight is 387 g/mol. The van der Waals surface area contributed by atoms with E-state index in [0.29, 0.717) is 17.9 Å². The monoisotopic (exact) mass is 387 g/mol. The van der Waals surface area contributed by atoms with E-state index in [1.165, 1.54) is 6.08 Å². The van der Waals surface area contributed by atoms with Crippen molar-refractivity contribution in [1.82, 2.24) is 9.78 Å². The third kappa shape index (κ3) is 4.90. The Bertz CT molecular complexity index is 1050. The molecule has 6 heteroatoms. The summed E-state index contributed by atoms with van der Waals surface area (Å²) < 4.78 is 7.37. The van der Waals surface area contributed by atoms with Crippen LogP contribution < -0.4 is 4.74 Å². The van der Waals surface area contributed by atoms with Crippen LogP contribution in [0, 0.1) is 11.3 Å². The Morgan fingerprint density at radius 1 is 1.21 bits per heavy atom. The first-order valence-electron chi connectivity index (χ1n) is 9.35. The first kappa shape index (κ1) is 19.9. The standard InChI is InChI=1S/C23H21N3O3/c1-2-3-13-29-21-11-9-17(10-12-21)22-19(14-18(15-24)23(27)28)16-26(25-22)20-7-5-4-6-8-20/h4-12,14,16H,2-3,13H2,1H3,(H,27,28)/b18-14-. The number of unbranched alkanes of at least 4 members (excludes halogenated alkanes) is 1. The molecule has 0 radical (unpaired) electrons. The Hall–Kier alpha value is -3.85. The van der Waals surface area contributed by atoms with Crippen LogP contribution in [-0.4, -0.2) is 27.5 Å². The lowest BCUT2D eigenvalue weighted by Crippen LogP contribution is -1.97. The fourth-order valence-corrected chi connectivity index (χ4v) is 2.77. The van der Waals surface area contributed by atoms with Crippen LogP contribution in [0.3, 0.4) is 0 Å². The zero-order chi connectivity index (χ0) is 20.6. The van der Waals surface area contributed by atoms with Crippen LogP contribution in [0.15, 0.2) is 66.4 Å². The molecule has 0 aliphatic rings. The molecule has 2 aromatic carbocycles. The van der Waals surface area contributed by atoms with Crippen LogP contribution in [0.2, 0.25) is 0 Å². The average Bonchev–Trinajstić information content (AvgIpc) is 3.17. The fraction of sp³-hybridized carbons (Fsp3) is 0.174. The number of para-hydroxylation sites is 1. The largest absolute Gasteiger partial charge is 0.494 e. The summed E-state index contributed by atoms with van der Waals surface area (Å²) in [6.45, 7) is 2.77. The maximum absolute atomic E-state index is 11.3. The van der Waals surface area contributed by atoms with Crippen LogP contribution in [0.25, 0.3) is 23.0 Å². The van der Waals surface area contributed by atoms with Gasteiger partial charge in [0.05, 0.1) is 18.0 Å². The summed E-state index contributed by atoms with van der Waals surface area (Å²) in [7, 11) is 0. The summed E-state index contributed by atoms with van der Waals surface area (Å²) in [5.41, 5.74) is 2.42. The molecule has 0 amide bonds. The highest BCUT2D eigenvalue weighted by atomic mass is 16.5. The smallest absolute Gasteiger partial charge is 0.346 e. The minimum atomic E-state index is -1.27. The van der Waals surface area contributed by atoms with Gasteiger partial charge in [-0.25, -0.2) is 9.48 Å². The van der Waals surface area contributed by atoms with Gasteiger partial charge < -0.3 is 9.84 Å². The van der Waals surface area contributed by atoms with Gasteiger partial charge in [0, 0.05) is 17.3 Å². The van der Waals surface area contributed by atoms with E-state index < -0.39 is 5.97 Å². The fourth-order valence-electron chi connectivity index (χ4n) is 2.77. The van der Waals surface area contributed by atoms with Crippen molar-refractivity contribution in [2.45, 2.75) is 19.8 Å². The van der Waals surface area contributed by atoms with E-state index in [1.54, 1.807) is 16.9 Å². The first-order valence-corrected chi connectivity index (χ1v) is 9.35. The van der Waals surface area contributed by atoms with Crippen LogP contribution in [0.4, 0.5) is 0 Å². The van der Waals surface area contributed by atoms with Gasteiger partial charge in [-0.1, -0.05) is 31.5 Å². The van der Waals surface area contributed by atoms with Crippen LogP contribution in [-0.2, 0) is 4.79 Å². The number of hydrogen-bond acceptors (Lipinski definition) is 4. The predicted molar refractivity (Wildman–Crippen MR) is 111 cm³/mol. The third-order valence-corrected chi connectivity index (χ3v) is 4.31. The van der Waals surface area contributed by atoms with E-state index in [0.717, 1.165) is 29.8 Å². The molecule has 3 rings (SSSR count). The number of benzene rings is 2. The molecule has 0 aliphatic carbocycles. The van der Waals surface area contributed by atoms with Crippen LogP contribution in [0.5, 0.6) is 5.75 Å². The molecule has 1 N–H and O–H groups in total. The molecule has 0 fully saturated rings. The highest BCUT2D eigenvalue weighted by molar-refractivity contribution is 5.97. The number of aliphatic carboxylic acids is 1. The van der Waals surface area contributed by atoms with Crippen molar-refractivity contribution in [3.8, 4) is 28.8 Å². The van der Waals surface area contributed by atoms with Crippen LogP contribution in [0.1, 0.15) is 25.3 Å². The number of rotatable bonds is 8. The van der Waals surface area contributed by atoms with Gasteiger partial charge in [0.15, 0.2) is 0 Å². The highest BCUT2D eigenvalue weighted by Crippen LogP contribution is 2.27. The Balaban J connectivity index is 2.01. The minimum Gasteiger partial charge on any atom is -0.494 e. The third-order valence-electron chi connectivity index (χ3n) is 4.31. The number of aromatic nitrogens is 2. The predicted octanol–water partition coefficient (Wildman–Crippen LogP) is 4.71. The molecule has 0 saturated heterocycles. The first-order chi connectivity index (χ1) is 14.1. The van der Waals surface area contributed by atoms with Gasteiger partial charge in [0.25, 0.3) is 0 Å². The van der Waals surface area contributed by atoms with E-state index in [-0.39, 0.29) is 5.57 Å². The zero-order valence-corrected chi connectivity index (χ0v) is 16.1. The Kier molecular flexibility index (Phi) is 6.43. The summed E-state index contributed by atoms with van der Waals surface area (Å²) in [4.78, 5) is 11.3. The molecule has 6 nitrogen and oxygen atoms in total. The minimum absolute atomic E-state index is 0.349. The summed E-state index contributed by atoms with van der Waals surface area (Å²) >= 11 is 0. The van der Waals surface area contributed by atoms with E-state index in [1.807, 2.05) is 54.6 Å². The van der Waals surface area contributed by atoms with Crippen molar-refractivity contribution in [3.05, 3.63) is 71.9 Å². The molecule has 146 valence electrons. The topological polar surface area (TPSA) is 88.1 Å². The van der Waals surface area contributed by atoms with E-state index in [2.05, 4.69) is 12.0 Å². The maximum atomic E-state index is 11.3. The normalized spacial score (nSPS) is 11.1. The van der Waals surface area contributed by atoms with Gasteiger partial charge >= 0.3 is 5.97 Å². The van der Waals surface area contributed by atoms with Gasteiger partial charge in [-0.15, -0.1) is 0 Å². The lowest BCUT2D eigenvalue weighted by atomic mass is 10.1. The molecule has 0 bridgehead atoms. The summed E-state index contributed by atoms with van der Waals surface area (Å²) in [5.74, 6) is -0.504. The van der Waals surface area contributed by atoms with Crippen molar-refractivity contribution < 1.29 is 14.6 Å². The Morgan fingerprint density at radius 2 is 1.93 bits per heavy atom. The van der Waals surface area contributed by atoms with Crippen molar-refractivity contribution in [2.24, 2.45) is 0 Å². The number of carbonyl (C=O) groups is 1. The molecule has 1 aromatic heterocycles. The second-order valence-electron chi connectivity index (χ2n) is 6.41. The molecule has 0 atom stereocenters. The molecular weight excluding hydrogens is 366 g/mol. The molecule has 0 unspecified atom stereocenters. The van der Waals surface area contributed by atoms with Crippen molar-refractivity contribution in [1.29, 1.82) is 5.26 Å². The number of ether oxygens (including phenoxy) is 1. The molecule has 0 spiro atoms. The number of hydrogen-bond donors (Lipinski definition) is 1. The summed E-state index contributed by atoms with van der Waals surface area (Å²) in [6, 6.07) is 18.7. The molecule has 1 heterocycles. The number of carboxylic acids is 1. The van der Waals surface area contributed by atoms with Crippen molar-refractivity contribution >= 4 is 12.0 Å². The lowest BCUT2D eigenvalue weighted by molar-refractivity contribution is -0.132.